The number of sulfone groups is 1. The van der Waals surface area contributed by atoms with Crippen LogP contribution in [0.1, 0.15) is 13.8 Å². The van der Waals surface area contributed by atoms with Crippen molar-refractivity contribution < 1.29 is 13.2 Å². The lowest BCUT2D eigenvalue weighted by Crippen LogP contribution is -2.34. The monoisotopic (exact) mass is 165 g/mol. The second-order valence-corrected chi connectivity index (χ2v) is 4.61. The van der Waals surface area contributed by atoms with E-state index in [-0.39, 0.29) is 5.75 Å². The van der Waals surface area contributed by atoms with Gasteiger partial charge in [-0.1, -0.05) is 6.92 Å². The molecular weight excluding hydrogens is 154 g/mol. The Morgan fingerprint density at radius 1 is 1.60 bits per heavy atom. The van der Waals surface area contributed by atoms with E-state index in [9.17, 15) is 13.2 Å². The van der Waals surface area contributed by atoms with Gasteiger partial charge in [-0.3, -0.25) is 4.79 Å². The molecule has 0 bridgehead atoms. The molecule has 4 nitrogen and oxygen atoms in total. The Bertz CT molecular complexity index is 219. The van der Waals surface area contributed by atoms with Crippen molar-refractivity contribution in [3.05, 3.63) is 0 Å². The van der Waals surface area contributed by atoms with Crippen molar-refractivity contribution in [3.63, 3.8) is 0 Å². The normalized spacial score (nSPS) is 14.6. The van der Waals surface area contributed by atoms with Gasteiger partial charge in [0.2, 0.25) is 5.91 Å². The van der Waals surface area contributed by atoms with Crippen molar-refractivity contribution in [2.75, 3.05) is 5.75 Å². The molecule has 2 N–H and O–H groups in total. The molecule has 0 aliphatic rings. The minimum atomic E-state index is -3.27. The predicted molar refractivity (Wildman–Crippen MR) is 38.1 cm³/mol. The third-order valence-electron chi connectivity index (χ3n) is 1.34. The van der Waals surface area contributed by atoms with Crippen LogP contribution in [-0.2, 0) is 14.6 Å². The lowest BCUT2D eigenvalue weighted by atomic mass is 10.5. The molecule has 0 aromatic carbocycles. The zero-order valence-corrected chi connectivity index (χ0v) is 6.81. The van der Waals surface area contributed by atoms with Crippen LogP contribution >= 0.6 is 0 Å². The van der Waals surface area contributed by atoms with Gasteiger partial charge in [0.15, 0.2) is 9.84 Å². The zero-order chi connectivity index (χ0) is 8.36. The minimum Gasteiger partial charge on any atom is -0.369 e. The molecule has 1 atom stereocenters. The molecule has 0 radical (unpaired) electrons. The smallest absolute Gasteiger partial charge is 0.235 e. The van der Waals surface area contributed by atoms with Gasteiger partial charge in [-0.15, -0.1) is 0 Å². The number of carbonyl (C=O) groups is 1. The van der Waals surface area contributed by atoms with Crippen LogP contribution in [0.5, 0.6) is 0 Å². The molecule has 5 heteroatoms. The molecule has 0 aliphatic carbocycles. The molecule has 0 aromatic rings. The molecule has 1 unspecified atom stereocenters. The molecule has 1 amide bonds. The molecule has 0 saturated carbocycles. The SMILES string of the molecule is CCS(=O)(=O)C(C)C(N)=O. The average molecular weight is 165 g/mol. The molecule has 0 spiro atoms. The molecule has 0 fully saturated rings. The first kappa shape index (κ1) is 9.42. The molecular formula is C5H11NO3S. The van der Waals surface area contributed by atoms with E-state index < -0.39 is 21.0 Å². The standard InChI is InChI=1S/C5H11NO3S/c1-3-10(8,9)4(2)5(6)7/h4H,3H2,1-2H3,(H2,6,7). The summed E-state index contributed by atoms with van der Waals surface area (Å²) in [5, 5.41) is -1.06. The summed E-state index contributed by atoms with van der Waals surface area (Å²) in [7, 11) is -3.27. The van der Waals surface area contributed by atoms with Gasteiger partial charge < -0.3 is 5.73 Å². The number of nitrogens with two attached hydrogens (primary N) is 1. The zero-order valence-electron chi connectivity index (χ0n) is 5.99. The fourth-order valence-corrected chi connectivity index (χ4v) is 1.28. The Morgan fingerprint density at radius 3 is 2.10 bits per heavy atom. The summed E-state index contributed by atoms with van der Waals surface area (Å²) in [6.07, 6.45) is 0. The number of amides is 1. The van der Waals surface area contributed by atoms with Crippen LogP contribution in [0.4, 0.5) is 0 Å². The van der Waals surface area contributed by atoms with Crippen LogP contribution < -0.4 is 5.73 Å². The first-order valence-electron chi connectivity index (χ1n) is 2.92. The lowest BCUT2D eigenvalue weighted by Gasteiger charge is -2.04. The fourth-order valence-electron chi connectivity index (χ4n) is 0.427. The van der Waals surface area contributed by atoms with Gasteiger partial charge in [-0.25, -0.2) is 8.42 Å². The second-order valence-electron chi connectivity index (χ2n) is 2.00. The van der Waals surface area contributed by atoms with Crippen molar-refractivity contribution in [1.82, 2.24) is 0 Å². The summed E-state index contributed by atoms with van der Waals surface area (Å²) in [5.41, 5.74) is 4.78. The van der Waals surface area contributed by atoms with E-state index in [0.717, 1.165) is 0 Å². The number of primary amides is 1. The van der Waals surface area contributed by atoms with Gasteiger partial charge in [0.05, 0.1) is 0 Å². The van der Waals surface area contributed by atoms with Crippen LogP contribution in [0.2, 0.25) is 0 Å². The Morgan fingerprint density at radius 2 is 2.00 bits per heavy atom. The van der Waals surface area contributed by atoms with Crippen molar-refractivity contribution in [1.29, 1.82) is 0 Å². The van der Waals surface area contributed by atoms with Gasteiger partial charge >= 0.3 is 0 Å². The summed E-state index contributed by atoms with van der Waals surface area (Å²) in [4.78, 5) is 10.3. The fraction of sp³-hybridized carbons (Fsp3) is 0.800. The van der Waals surface area contributed by atoms with Gasteiger partial charge in [-0.05, 0) is 6.92 Å². The molecule has 10 heavy (non-hydrogen) atoms. The van der Waals surface area contributed by atoms with Crippen LogP contribution in [0, 0.1) is 0 Å². The van der Waals surface area contributed by atoms with Gasteiger partial charge in [0.25, 0.3) is 0 Å². The molecule has 0 aromatic heterocycles. The van der Waals surface area contributed by atoms with Crippen LogP contribution in [-0.4, -0.2) is 25.3 Å². The third kappa shape index (κ3) is 1.98. The number of rotatable bonds is 3. The molecule has 0 heterocycles. The van der Waals surface area contributed by atoms with Crippen molar-refractivity contribution in [2.45, 2.75) is 19.1 Å². The number of carbonyl (C=O) groups excluding carboxylic acids is 1. The summed E-state index contributed by atoms with van der Waals surface area (Å²) in [5.74, 6) is -0.834. The Kier molecular flexibility index (Phi) is 2.83. The number of hydrogen-bond donors (Lipinski definition) is 1. The Balaban J connectivity index is 4.51. The highest BCUT2D eigenvalue weighted by molar-refractivity contribution is 7.92. The van der Waals surface area contributed by atoms with E-state index in [0.29, 0.717) is 0 Å². The first-order valence-corrected chi connectivity index (χ1v) is 4.64. The highest BCUT2D eigenvalue weighted by atomic mass is 32.2. The highest BCUT2D eigenvalue weighted by Crippen LogP contribution is 1.99. The summed E-state index contributed by atoms with van der Waals surface area (Å²) in [6, 6.07) is 0. The summed E-state index contributed by atoms with van der Waals surface area (Å²) >= 11 is 0. The van der Waals surface area contributed by atoms with Gasteiger partial charge in [0, 0.05) is 5.75 Å². The quantitative estimate of drug-likeness (QED) is 0.600. The van der Waals surface area contributed by atoms with E-state index in [1.54, 1.807) is 0 Å². The average Bonchev–Trinajstić information content (AvgIpc) is 1.86. The maximum Gasteiger partial charge on any atom is 0.235 e. The third-order valence-corrected chi connectivity index (χ3v) is 3.46. The topological polar surface area (TPSA) is 77.2 Å². The summed E-state index contributed by atoms with van der Waals surface area (Å²) in [6.45, 7) is 2.77. The molecule has 60 valence electrons. The maximum absolute atomic E-state index is 10.8. The van der Waals surface area contributed by atoms with Crippen molar-refractivity contribution >= 4 is 15.7 Å². The molecule has 0 aliphatic heterocycles. The van der Waals surface area contributed by atoms with Gasteiger partial charge in [-0.2, -0.15) is 0 Å². The highest BCUT2D eigenvalue weighted by Gasteiger charge is 2.23. The van der Waals surface area contributed by atoms with E-state index in [4.69, 9.17) is 5.73 Å². The van der Waals surface area contributed by atoms with Gasteiger partial charge in [0.1, 0.15) is 5.25 Å². The Labute approximate surface area is 60.3 Å². The largest absolute Gasteiger partial charge is 0.369 e. The van der Waals surface area contributed by atoms with E-state index in [1.807, 2.05) is 0 Å². The van der Waals surface area contributed by atoms with Crippen molar-refractivity contribution in [2.24, 2.45) is 5.73 Å². The summed E-state index contributed by atoms with van der Waals surface area (Å²) < 4.78 is 21.7. The molecule has 0 rings (SSSR count). The van der Waals surface area contributed by atoms with Crippen LogP contribution in [0.15, 0.2) is 0 Å². The van der Waals surface area contributed by atoms with E-state index in [1.165, 1.54) is 13.8 Å². The minimum absolute atomic E-state index is 0.0445. The van der Waals surface area contributed by atoms with Crippen molar-refractivity contribution in [3.8, 4) is 0 Å². The predicted octanol–water partition coefficient (Wildman–Crippen LogP) is -0.705. The maximum atomic E-state index is 10.8. The van der Waals surface area contributed by atoms with Crippen LogP contribution in [0.3, 0.4) is 0 Å². The lowest BCUT2D eigenvalue weighted by molar-refractivity contribution is -0.117. The first-order chi connectivity index (χ1) is 4.41. The van der Waals surface area contributed by atoms with E-state index in [2.05, 4.69) is 0 Å². The Hall–Kier alpha value is -0.580. The second kappa shape index (κ2) is 3.01. The van der Waals surface area contributed by atoms with E-state index >= 15 is 0 Å². The van der Waals surface area contributed by atoms with Crippen LogP contribution in [0.25, 0.3) is 0 Å². The number of hydrogen-bond acceptors (Lipinski definition) is 3. The molecule has 0 saturated heterocycles.